The van der Waals surface area contributed by atoms with Crippen molar-refractivity contribution in [2.75, 3.05) is 0 Å². The number of hydrogen-bond acceptors (Lipinski definition) is 3. The third-order valence-corrected chi connectivity index (χ3v) is 1.66. The molecule has 0 spiro atoms. The van der Waals surface area contributed by atoms with Gasteiger partial charge in [-0.1, -0.05) is 6.92 Å². The van der Waals surface area contributed by atoms with E-state index in [2.05, 4.69) is 0 Å². The van der Waals surface area contributed by atoms with Crippen molar-refractivity contribution in [3.05, 3.63) is 23.2 Å². The molecule has 0 aliphatic heterocycles. The summed E-state index contributed by atoms with van der Waals surface area (Å²) in [7, 11) is 0. The summed E-state index contributed by atoms with van der Waals surface area (Å²) >= 11 is 0. The third-order valence-electron chi connectivity index (χ3n) is 1.66. The number of ketones is 1. The summed E-state index contributed by atoms with van der Waals surface area (Å²) < 4.78 is 5.00. The van der Waals surface area contributed by atoms with Crippen LogP contribution in [-0.2, 0) is 0 Å². The zero-order valence-corrected chi connectivity index (χ0v) is 7.09. The summed E-state index contributed by atoms with van der Waals surface area (Å²) in [5, 5.41) is 0. The quantitative estimate of drug-likeness (QED) is 0.509. The lowest BCUT2D eigenvalue weighted by Gasteiger charge is -1.87. The fourth-order valence-electron chi connectivity index (χ4n) is 0.925. The molecule has 3 nitrogen and oxygen atoms in total. The van der Waals surface area contributed by atoms with Crippen molar-refractivity contribution in [2.45, 2.75) is 20.3 Å². The van der Waals surface area contributed by atoms with Crippen LogP contribution in [0, 0.1) is 6.92 Å². The Balaban J connectivity index is 3.04. The summed E-state index contributed by atoms with van der Waals surface area (Å²) in [5.74, 6) is 0.440. The summed E-state index contributed by atoms with van der Waals surface area (Å²) in [4.78, 5) is 21.4. The number of rotatable bonds is 3. The van der Waals surface area contributed by atoms with Gasteiger partial charge in [-0.25, -0.2) is 0 Å². The molecule has 0 saturated carbocycles. The SMILES string of the molecule is CCC(=O)c1cc(C)c(C=O)o1. The van der Waals surface area contributed by atoms with E-state index in [0.29, 0.717) is 18.3 Å². The number of aryl methyl sites for hydroxylation is 1. The lowest BCUT2D eigenvalue weighted by atomic mass is 10.2. The molecule has 0 bridgehead atoms. The molecule has 1 rings (SSSR count). The van der Waals surface area contributed by atoms with Crippen LogP contribution in [0.25, 0.3) is 0 Å². The van der Waals surface area contributed by atoms with Crippen LogP contribution in [0.15, 0.2) is 10.5 Å². The van der Waals surface area contributed by atoms with Crippen LogP contribution in [0.3, 0.4) is 0 Å². The van der Waals surface area contributed by atoms with Gasteiger partial charge in [-0.2, -0.15) is 0 Å². The standard InChI is InChI=1S/C9H10O3/c1-3-7(11)8-4-6(2)9(5-10)12-8/h4-5H,3H2,1-2H3. The van der Waals surface area contributed by atoms with Gasteiger partial charge in [-0.05, 0) is 18.6 Å². The van der Waals surface area contributed by atoms with Gasteiger partial charge in [0.15, 0.2) is 23.6 Å². The van der Waals surface area contributed by atoms with Crippen LogP contribution in [0.5, 0.6) is 0 Å². The van der Waals surface area contributed by atoms with Gasteiger partial charge in [0.05, 0.1) is 0 Å². The second-order valence-corrected chi connectivity index (χ2v) is 2.55. The van der Waals surface area contributed by atoms with E-state index < -0.39 is 0 Å². The molecule has 12 heavy (non-hydrogen) atoms. The first-order valence-corrected chi connectivity index (χ1v) is 3.77. The van der Waals surface area contributed by atoms with Gasteiger partial charge in [-0.15, -0.1) is 0 Å². The van der Waals surface area contributed by atoms with Gasteiger partial charge >= 0.3 is 0 Å². The van der Waals surface area contributed by atoms with Crippen molar-refractivity contribution >= 4 is 12.1 Å². The number of carbonyl (C=O) groups is 2. The molecule has 1 aromatic heterocycles. The predicted octanol–water partition coefficient (Wildman–Crippen LogP) is 1.99. The molecule has 0 fully saturated rings. The molecule has 0 amide bonds. The van der Waals surface area contributed by atoms with Crippen molar-refractivity contribution in [3.8, 4) is 0 Å². The fourth-order valence-corrected chi connectivity index (χ4v) is 0.925. The molecular weight excluding hydrogens is 156 g/mol. The van der Waals surface area contributed by atoms with E-state index >= 15 is 0 Å². The Bertz CT molecular complexity index is 310. The Hall–Kier alpha value is -1.38. The molecule has 0 aliphatic carbocycles. The first kappa shape index (κ1) is 8.71. The molecule has 0 aromatic carbocycles. The fraction of sp³-hybridized carbons (Fsp3) is 0.333. The van der Waals surface area contributed by atoms with Crippen LogP contribution in [-0.4, -0.2) is 12.1 Å². The van der Waals surface area contributed by atoms with E-state index in [-0.39, 0.29) is 17.3 Å². The molecule has 3 heteroatoms. The zero-order valence-electron chi connectivity index (χ0n) is 7.09. The monoisotopic (exact) mass is 166 g/mol. The van der Waals surface area contributed by atoms with Crippen LogP contribution >= 0.6 is 0 Å². The van der Waals surface area contributed by atoms with E-state index in [0.717, 1.165) is 0 Å². The van der Waals surface area contributed by atoms with Gasteiger partial charge in [0, 0.05) is 6.42 Å². The minimum Gasteiger partial charge on any atom is -0.450 e. The maximum Gasteiger partial charge on any atom is 0.197 e. The number of hydrogen-bond donors (Lipinski definition) is 0. The maximum atomic E-state index is 11.1. The van der Waals surface area contributed by atoms with Gasteiger partial charge < -0.3 is 4.42 Å². The van der Waals surface area contributed by atoms with E-state index in [1.807, 2.05) is 0 Å². The first-order chi connectivity index (χ1) is 5.69. The number of carbonyl (C=O) groups excluding carboxylic acids is 2. The Labute approximate surface area is 70.4 Å². The summed E-state index contributed by atoms with van der Waals surface area (Å²) in [6.07, 6.45) is 1.01. The minimum atomic E-state index is -0.0776. The highest BCUT2D eigenvalue weighted by molar-refractivity contribution is 5.94. The Morgan fingerprint density at radius 2 is 2.33 bits per heavy atom. The number of furan rings is 1. The topological polar surface area (TPSA) is 47.3 Å². The molecule has 1 heterocycles. The highest BCUT2D eigenvalue weighted by Gasteiger charge is 2.11. The molecule has 0 aliphatic rings. The maximum absolute atomic E-state index is 11.1. The molecule has 0 N–H and O–H groups in total. The van der Waals surface area contributed by atoms with Crippen molar-refractivity contribution in [2.24, 2.45) is 0 Å². The van der Waals surface area contributed by atoms with Crippen molar-refractivity contribution < 1.29 is 14.0 Å². The lowest BCUT2D eigenvalue weighted by molar-refractivity contribution is 0.0958. The van der Waals surface area contributed by atoms with E-state index in [1.165, 1.54) is 0 Å². The van der Waals surface area contributed by atoms with Crippen molar-refractivity contribution in [3.63, 3.8) is 0 Å². The Kier molecular flexibility index (Phi) is 2.43. The summed E-state index contributed by atoms with van der Waals surface area (Å²) in [6.45, 7) is 3.49. The minimum absolute atomic E-state index is 0.0776. The summed E-state index contributed by atoms with van der Waals surface area (Å²) in [5.41, 5.74) is 0.710. The van der Waals surface area contributed by atoms with Gasteiger partial charge in [-0.3, -0.25) is 9.59 Å². The highest BCUT2D eigenvalue weighted by Crippen LogP contribution is 2.13. The molecule has 64 valence electrons. The molecule has 0 unspecified atom stereocenters. The second-order valence-electron chi connectivity index (χ2n) is 2.55. The molecule has 1 aromatic rings. The number of aldehydes is 1. The predicted molar refractivity (Wildman–Crippen MR) is 43.5 cm³/mol. The lowest BCUT2D eigenvalue weighted by Crippen LogP contribution is -1.92. The summed E-state index contributed by atoms with van der Waals surface area (Å²) in [6, 6.07) is 1.59. The van der Waals surface area contributed by atoms with Crippen LogP contribution in [0.1, 0.15) is 40.0 Å². The second kappa shape index (κ2) is 3.34. The van der Waals surface area contributed by atoms with Crippen LogP contribution in [0.4, 0.5) is 0 Å². The molecule has 0 atom stereocenters. The first-order valence-electron chi connectivity index (χ1n) is 3.77. The van der Waals surface area contributed by atoms with E-state index in [9.17, 15) is 9.59 Å². The van der Waals surface area contributed by atoms with Gasteiger partial charge in [0.2, 0.25) is 0 Å². The normalized spacial score (nSPS) is 9.83. The van der Waals surface area contributed by atoms with Gasteiger partial charge in [0.25, 0.3) is 0 Å². The molecule has 0 radical (unpaired) electrons. The highest BCUT2D eigenvalue weighted by atomic mass is 16.4. The van der Waals surface area contributed by atoms with Gasteiger partial charge in [0.1, 0.15) is 0 Å². The Morgan fingerprint density at radius 1 is 1.67 bits per heavy atom. The average Bonchev–Trinajstić information content (AvgIpc) is 2.45. The average molecular weight is 166 g/mol. The molecule has 0 saturated heterocycles. The van der Waals surface area contributed by atoms with E-state index in [1.54, 1.807) is 19.9 Å². The number of Topliss-reactive ketones (excluding diaryl/α,β-unsaturated/α-hetero) is 1. The zero-order chi connectivity index (χ0) is 9.14. The third kappa shape index (κ3) is 1.44. The van der Waals surface area contributed by atoms with Crippen LogP contribution < -0.4 is 0 Å². The van der Waals surface area contributed by atoms with Crippen LogP contribution in [0.2, 0.25) is 0 Å². The van der Waals surface area contributed by atoms with Crippen molar-refractivity contribution in [1.29, 1.82) is 0 Å². The van der Waals surface area contributed by atoms with E-state index in [4.69, 9.17) is 4.42 Å². The Morgan fingerprint density at radius 3 is 2.75 bits per heavy atom. The van der Waals surface area contributed by atoms with Crippen molar-refractivity contribution in [1.82, 2.24) is 0 Å². The molecular formula is C9H10O3. The largest absolute Gasteiger partial charge is 0.450 e. The smallest absolute Gasteiger partial charge is 0.197 e.